The lowest BCUT2D eigenvalue weighted by Crippen LogP contribution is -2.08. The van der Waals surface area contributed by atoms with Gasteiger partial charge in [0.1, 0.15) is 17.1 Å². The van der Waals surface area contributed by atoms with Crippen molar-refractivity contribution in [2.75, 3.05) is 7.11 Å². The van der Waals surface area contributed by atoms with E-state index < -0.39 is 5.97 Å². The van der Waals surface area contributed by atoms with Gasteiger partial charge >= 0.3 is 5.97 Å². The first kappa shape index (κ1) is 14.9. The first-order valence-electron chi connectivity index (χ1n) is 6.92. The van der Waals surface area contributed by atoms with Gasteiger partial charge in [0.15, 0.2) is 17.3 Å². The van der Waals surface area contributed by atoms with Crippen molar-refractivity contribution < 1.29 is 28.9 Å². The lowest BCUT2D eigenvalue weighted by atomic mass is 10.0. The first-order chi connectivity index (χ1) is 11.0. The van der Waals surface area contributed by atoms with Crippen LogP contribution in [0.4, 0.5) is 0 Å². The van der Waals surface area contributed by atoms with Crippen LogP contribution in [-0.2, 0) is 11.2 Å². The highest BCUT2D eigenvalue weighted by atomic mass is 16.6. The highest BCUT2D eigenvalue weighted by Crippen LogP contribution is 2.49. The maximum absolute atomic E-state index is 12.5. The molecule has 118 valence electrons. The van der Waals surface area contributed by atoms with Crippen molar-refractivity contribution in [1.82, 2.24) is 0 Å². The molecule has 1 N–H and O–H groups in total. The molecular weight excluding hydrogens is 300 g/mol. The van der Waals surface area contributed by atoms with Gasteiger partial charge in [-0.3, -0.25) is 9.59 Å². The van der Waals surface area contributed by atoms with Gasteiger partial charge < -0.3 is 19.3 Å². The van der Waals surface area contributed by atoms with E-state index in [9.17, 15) is 14.7 Å². The average Bonchev–Trinajstić information content (AvgIpc) is 2.65. The fourth-order valence-electron chi connectivity index (χ4n) is 2.48. The minimum Gasteiger partial charge on any atom is -0.507 e. The third kappa shape index (κ3) is 2.59. The molecule has 0 bridgehead atoms. The Morgan fingerprint density at radius 2 is 2.04 bits per heavy atom. The van der Waals surface area contributed by atoms with Crippen LogP contribution < -0.4 is 14.2 Å². The van der Waals surface area contributed by atoms with Gasteiger partial charge in [-0.05, 0) is 6.07 Å². The number of carbonyl (C=O) groups is 2. The molecule has 0 saturated carbocycles. The maximum Gasteiger partial charge on any atom is 0.308 e. The molecule has 1 aliphatic heterocycles. The number of ether oxygens (including phenoxy) is 3. The predicted molar refractivity (Wildman–Crippen MR) is 80.5 cm³/mol. The van der Waals surface area contributed by atoms with Crippen LogP contribution in [-0.4, -0.2) is 24.0 Å². The predicted octanol–water partition coefficient (Wildman–Crippen LogP) is 2.86. The van der Waals surface area contributed by atoms with E-state index in [0.29, 0.717) is 11.3 Å². The molecule has 1 aliphatic rings. The fraction of sp³-hybridized carbons (Fsp3) is 0.176. The first-order valence-corrected chi connectivity index (χ1v) is 6.92. The van der Waals surface area contributed by atoms with E-state index in [2.05, 4.69) is 0 Å². The second-order valence-electron chi connectivity index (χ2n) is 5.03. The Morgan fingerprint density at radius 3 is 2.74 bits per heavy atom. The third-order valence-electron chi connectivity index (χ3n) is 3.46. The van der Waals surface area contributed by atoms with Gasteiger partial charge in [0.2, 0.25) is 5.75 Å². The van der Waals surface area contributed by atoms with Gasteiger partial charge in [0, 0.05) is 25.0 Å². The third-order valence-corrected chi connectivity index (χ3v) is 3.46. The molecular formula is C17H14O6. The van der Waals surface area contributed by atoms with Crippen molar-refractivity contribution in [3.05, 3.63) is 41.5 Å². The summed E-state index contributed by atoms with van der Waals surface area (Å²) < 4.78 is 16.1. The number of ketones is 1. The SMILES string of the molecule is COc1cc(O)c2c(c1OC(C)=O)Oc1ccccc1CC2=O. The Hall–Kier alpha value is -3.02. The summed E-state index contributed by atoms with van der Waals surface area (Å²) in [5, 5.41) is 10.2. The molecule has 0 atom stereocenters. The Labute approximate surface area is 132 Å². The molecule has 2 aromatic rings. The number of para-hydroxylation sites is 1. The number of rotatable bonds is 2. The van der Waals surface area contributed by atoms with Crippen LogP contribution in [0.5, 0.6) is 28.7 Å². The van der Waals surface area contributed by atoms with E-state index in [1.807, 2.05) is 0 Å². The number of aromatic hydroxyl groups is 1. The number of Topliss-reactive ketones (excluding diaryl/α,β-unsaturated/α-hetero) is 1. The number of benzene rings is 2. The average molecular weight is 314 g/mol. The number of fused-ring (bicyclic) bond motifs is 2. The minimum absolute atomic E-state index is 0.0213. The summed E-state index contributed by atoms with van der Waals surface area (Å²) in [6.45, 7) is 1.23. The van der Waals surface area contributed by atoms with E-state index in [4.69, 9.17) is 14.2 Å². The van der Waals surface area contributed by atoms with Crippen LogP contribution >= 0.6 is 0 Å². The van der Waals surface area contributed by atoms with Crippen molar-refractivity contribution in [2.24, 2.45) is 0 Å². The summed E-state index contributed by atoms with van der Waals surface area (Å²) in [5.41, 5.74) is 0.652. The zero-order valence-corrected chi connectivity index (χ0v) is 12.6. The van der Waals surface area contributed by atoms with E-state index >= 15 is 0 Å². The van der Waals surface area contributed by atoms with Crippen molar-refractivity contribution in [3.8, 4) is 28.7 Å². The molecule has 0 saturated heterocycles. The number of hydrogen-bond donors (Lipinski definition) is 1. The summed E-state index contributed by atoms with van der Waals surface area (Å²) >= 11 is 0. The van der Waals surface area contributed by atoms with Crippen molar-refractivity contribution in [2.45, 2.75) is 13.3 Å². The van der Waals surface area contributed by atoms with E-state index in [1.165, 1.54) is 20.1 Å². The maximum atomic E-state index is 12.5. The number of esters is 1. The Kier molecular flexibility index (Phi) is 3.65. The number of carbonyl (C=O) groups excluding carboxylic acids is 2. The van der Waals surface area contributed by atoms with Crippen LogP contribution in [0.1, 0.15) is 22.8 Å². The van der Waals surface area contributed by atoms with Crippen molar-refractivity contribution in [1.29, 1.82) is 0 Å². The van der Waals surface area contributed by atoms with Gasteiger partial charge in [0.25, 0.3) is 0 Å². The standard InChI is InChI=1S/C17H14O6/c1-9(18)22-16-14(21-2)8-12(20)15-11(19)7-10-5-3-4-6-13(10)23-17(15)16/h3-6,8,20H,7H2,1-2H3. The number of phenols is 1. The number of hydrogen-bond acceptors (Lipinski definition) is 6. The summed E-state index contributed by atoms with van der Waals surface area (Å²) in [7, 11) is 1.36. The van der Waals surface area contributed by atoms with Crippen LogP contribution in [0, 0.1) is 0 Å². The van der Waals surface area contributed by atoms with Gasteiger partial charge in [-0.25, -0.2) is 0 Å². The molecule has 1 heterocycles. The molecule has 6 nitrogen and oxygen atoms in total. The quantitative estimate of drug-likeness (QED) is 0.678. The van der Waals surface area contributed by atoms with E-state index in [-0.39, 0.29) is 40.8 Å². The smallest absolute Gasteiger partial charge is 0.308 e. The normalized spacial score (nSPS) is 12.5. The molecule has 0 amide bonds. The Bertz CT molecular complexity index is 809. The summed E-state index contributed by atoms with van der Waals surface area (Å²) in [6.07, 6.45) is 0.0720. The molecule has 0 aromatic heterocycles. The zero-order chi connectivity index (χ0) is 16.6. The van der Waals surface area contributed by atoms with Crippen LogP contribution in [0.2, 0.25) is 0 Å². The lowest BCUT2D eigenvalue weighted by Gasteiger charge is -2.16. The molecule has 0 unspecified atom stereocenters. The molecule has 0 spiro atoms. The molecule has 23 heavy (non-hydrogen) atoms. The van der Waals surface area contributed by atoms with Crippen molar-refractivity contribution in [3.63, 3.8) is 0 Å². The monoisotopic (exact) mass is 314 g/mol. The minimum atomic E-state index is -0.593. The fourth-order valence-corrected chi connectivity index (χ4v) is 2.48. The second kappa shape index (κ2) is 5.64. The van der Waals surface area contributed by atoms with Gasteiger partial charge in [-0.15, -0.1) is 0 Å². The van der Waals surface area contributed by atoms with Crippen LogP contribution in [0.25, 0.3) is 0 Å². The molecule has 6 heteroatoms. The molecule has 0 fully saturated rings. The van der Waals surface area contributed by atoms with Crippen molar-refractivity contribution >= 4 is 11.8 Å². The number of methoxy groups -OCH3 is 1. The molecule has 0 radical (unpaired) electrons. The van der Waals surface area contributed by atoms with E-state index in [0.717, 1.165) is 0 Å². The highest BCUT2D eigenvalue weighted by Gasteiger charge is 2.31. The van der Waals surface area contributed by atoms with Gasteiger partial charge in [0.05, 0.1) is 7.11 Å². The van der Waals surface area contributed by atoms with E-state index in [1.54, 1.807) is 24.3 Å². The number of phenolic OH excluding ortho intramolecular Hbond substituents is 1. The second-order valence-corrected chi connectivity index (χ2v) is 5.03. The zero-order valence-electron chi connectivity index (χ0n) is 12.6. The van der Waals surface area contributed by atoms with Gasteiger partial charge in [-0.1, -0.05) is 18.2 Å². The summed E-state index contributed by atoms with van der Waals surface area (Å²) in [4.78, 5) is 23.9. The molecule has 0 aliphatic carbocycles. The Morgan fingerprint density at radius 1 is 1.30 bits per heavy atom. The largest absolute Gasteiger partial charge is 0.507 e. The lowest BCUT2D eigenvalue weighted by molar-refractivity contribution is -0.132. The Balaban J connectivity index is 2.27. The topological polar surface area (TPSA) is 82.1 Å². The van der Waals surface area contributed by atoms with Gasteiger partial charge in [-0.2, -0.15) is 0 Å². The van der Waals surface area contributed by atoms with Crippen LogP contribution in [0.3, 0.4) is 0 Å². The summed E-state index contributed by atoms with van der Waals surface area (Å²) in [5.74, 6) is -0.706. The molecule has 3 rings (SSSR count). The highest BCUT2D eigenvalue weighted by molar-refractivity contribution is 6.05. The van der Waals surface area contributed by atoms with Crippen LogP contribution in [0.15, 0.2) is 30.3 Å². The summed E-state index contributed by atoms with van der Waals surface area (Å²) in [6, 6.07) is 8.25. The molecule has 2 aromatic carbocycles.